The summed E-state index contributed by atoms with van der Waals surface area (Å²) in [5.74, 6) is -0.362. The Morgan fingerprint density at radius 1 is 1.14 bits per heavy atom. The molecule has 1 aromatic carbocycles. The molecule has 2 N–H and O–H groups in total. The molecular formula is C14H13N3O3S. The summed E-state index contributed by atoms with van der Waals surface area (Å²) in [6.07, 6.45) is 4.10. The van der Waals surface area contributed by atoms with E-state index >= 15 is 0 Å². The number of carbonyl (C=O) groups excluding carboxylic acids is 1. The minimum atomic E-state index is -3.69. The fourth-order valence-electron chi connectivity index (χ4n) is 1.55. The molecule has 0 aliphatic rings. The lowest BCUT2D eigenvalue weighted by atomic mass is 10.3. The van der Waals surface area contributed by atoms with E-state index in [1.54, 1.807) is 18.3 Å². The number of hydrogen-bond acceptors (Lipinski definition) is 4. The molecule has 2 aromatic rings. The monoisotopic (exact) mass is 303 g/mol. The van der Waals surface area contributed by atoms with Gasteiger partial charge in [0.25, 0.3) is 10.0 Å². The van der Waals surface area contributed by atoms with E-state index in [2.05, 4.69) is 21.6 Å². The molecule has 0 aliphatic heterocycles. The molecule has 0 spiro atoms. The Labute approximate surface area is 122 Å². The topological polar surface area (TPSA) is 88.2 Å². The van der Waals surface area contributed by atoms with Gasteiger partial charge in [-0.3, -0.25) is 14.5 Å². The normalized spacial score (nSPS) is 10.7. The zero-order valence-corrected chi connectivity index (χ0v) is 11.8. The number of rotatable bonds is 5. The van der Waals surface area contributed by atoms with Gasteiger partial charge in [-0.15, -0.1) is 0 Å². The van der Waals surface area contributed by atoms with Crippen molar-refractivity contribution >= 4 is 27.3 Å². The highest BCUT2D eigenvalue weighted by Gasteiger charge is 2.14. The van der Waals surface area contributed by atoms with Crippen LogP contribution in [0.3, 0.4) is 0 Å². The largest absolute Gasteiger partial charge is 0.323 e. The molecular weight excluding hydrogens is 290 g/mol. The van der Waals surface area contributed by atoms with Crippen molar-refractivity contribution in [2.24, 2.45) is 0 Å². The molecule has 0 unspecified atom stereocenters. The highest BCUT2D eigenvalue weighted by Crippen LogP contribution is 2.17. The molecule has 0 bridgehead atoms. The van der Waals surface area contributed by atoms with Crippen molar-refractivity contribution < 1.29 is 13.2 Å². The van der Waals surface area contributed by atoms with Crippen LogP contribution in [-0.4, -0.2) is 19.3 Å². The van der Waals surface area contributed by atoms with Crippen LogP contribution >= 0.6 is 0 Å². The molecule has 108 valence electrons. The van der Waals surface area contributed by atoms with E-state index in [-0.39, 0.29) is 10.8 Å². The molecule has 0 aliphatic carbocycles. The lowest BCUT2D eigenvalue weighted by Crippen LogP contribution is -2.13. The summed E-state index contributed by atoms with van der Waals surface area (Å²) in [4.78, 5) is 15.1. The Morgan fingerprint density at radius 2 is 1.86 bits per heavy atom. The molecule has 0 fully saturated rings. The van der Waals surface area contributed by atoms with Crippen molar-refractivity contribution in [1.29, 1.82) is 0 Å². The van der Waals surface area contributed by atoms with Gasteiger partial charge in [0.2, 0.25) is 5.91 Å². The predicted octanol–water partition coefficient (Wildman–Crippen LogP) is 2.01. The lowest BCUT2D eigenvalue weighted by Gasteiger charge is -2.08. The summed E-state index contributed by atoms with van der Waals surface area (Å²) < 4.78 is 26.7. The summed E-state index contributed by atoms with van der Waals surface area (Å²) in [7, 11) is -3.69. The van der Waals surface area contributed by atoms with Crippen molar-refractivity contribution in [3.63, 3.8) is 0 Å². The Kier molecular flexibility index (Phi) is 4.34. The highest BCUT2D eigenvalue weighted by atomic mass is 32.2. The Hall–Kier alpha value is -2.67. The second-order valence-corrected chi connectivity index (χ2v) is 5.75. The van der Waals surface area contributed by atoms with Gasteiger partial charge in [-0.2, -0.15) is 0 Å². The van der Waals surface area contributed by atoms with Gasteiger partial charge in [0.15, 0.2) is 0 Å². The molecule has 6 nitrogen and oxygen atoms in total. The summed E-state index contributed by atoms with van der Waals surface area (Å²) in [6.45, 7) is 3.34. The lowest BCUT2D eigenvalue weighted by molar-refractivity contribution is -0.111. The first-order valence-electron chi connectivity index (χ1n) is 5.97. The number of benzene rings is 1. The highest BCUT2D eigenvalue weighted by molar-refractivity contribution is 7.92. The van der Waals surface area contributed by atoms with E-state index in [1.807, 2.05) is 0 Å². The molecule has 1 heterocycles. The fraction of sp³-hybridized carbons (Fsp3) is 0. The number of amides is 1. The smallest absolute Gasteiger partial charge is 0.261 e. The van der Waals surface area contributed by atoms with Gasteiger partial charge < -0.3 is 5.32 Å². The van der Waals surface area contributed by atoms with Crippen LogP contribution in [0.25, 0.3) is 0 Å². The van der Waals surface area contributed by atoms with Gasteiger partial charge in [-0.1, -0.05) is 6.58 Å². The first-order chi connectivity index (χ1) is 10.0. The van der Waals surface area contributed by atoms with Crippen LogP contribution in [0, 0.1) is 0 Å². The maximum absolute atomic E-state index is 12.1. The number of anilines is 2. The molecule has 0 radical (unpaired) electrons. The van der Waals surface area contributed by atoms with E-state index in [1.165, 1.54) is 30.5 Å². The minimum Gasteiger partial charge on any atom is -0.323 e. The van der Waals surface area contributed by atoms with Crippen LogP contribution in [-0.2, 0) is 14.8 Å². The summed E-state index contributed by atoms with van der Waals surface area (Å²) in [5.41, 5.74) is 0.863. The third-order valence-corrected chi connectivity index (χ3v) is 3.93. The number of carbonyl (C=O) groups is 1. The molecule has 2 rings (SSSR count). The third-order valence-electron chi connectivity index (χ3n) is 2.53. The number of hydrogen-bond donors (Lipinski definition) is 2. The van der Waals surface area contributed by atoms with Crippen molar-refractivity contribution in [3.8, 4) is 0 Å². The molecule has 1 aromatic heterocycles. The quantitative estimate of drug-likeness (QED) is 0.827. The molecule has 0 atom stereocenters. The van der Waals surface area contributed by atoms with Crippen LogP contribution in [0.4, 0.5) is 11.4 Å². The van der Waals surface area contributed by atoms with E-state index < -0.39 is 10.0 Å². The summed E-state index contributed by atoms with van der Waals surface area (Å²) in [6, 6.07) is 9.03. The predicted molar refractivity (Wildman–Crippen MR) is 80.3 cm³/mol. The maximum atomic E-state index is 12.1. The van der Waals surface area contributed by atoms with Crippen LogP contribution < -0.4 is 10.0 Å². The summed E-state index contributed by atoms with van der Waals surface area (Å²) >= 11 is 0. The van der Waals surface area contributed by atoms with Gasteiger partial charge in [0.1, 0.15) is 0 Å². The van der Waals surface area contributed by atoms with Crippen LogP contribution in [0.15, 0.2) is 66.3 Å². The van der Waals surface area contributed by atoms with E-state index in [9.17, 15) is 13.2 Å². The fourth-order valence-corrected chi connectivity index (χ4v) is 2.59. The number of aromatic nitrogens is 1. The van der Waals surface area contributed by atoms with Crippen molar-refractivity contribution in [1.82, 2.24) is 4.98 Å². The molecule has 1 amide bonds. The van der Waals surface area contributed by atoms with E-state index in [0.29, 0.717) is 11.4 Å². The van der Waals surface area contributed by atoms with Crippen LogP contribution in [0.2, 0.25) is 0 Å². The SMILES string of the molecule is C=CC(=O)Nc1ccc(S(=O)(=O)Nc2cccnc2)cc1. The third kappa shape index (κ3) is 3.90. The van der Waals surface area contributed by atoms with Gasteiger partial charge in [0, 0.05) is 11.9 Å². The van der Waals surface area contributed by atoms with Gasteiger partial charge in [-0.25, -0.2) is 8.42 Å². The second kappa shape index (κ2) is 6.19. The van der Waals surface area contributed by atoms with E-state index in [0.717, 1.165) is 6.08 Å². The first kappa shape index (κ1) is 14.7. The average Bonchev–Trinajstić information content (AvgIpc) is 2.48. The van der Waals surface area contributed by atoms with Gasteiger partial charge in [-0.05, 0) is 42.5 Å². The van der Waals surface area contributed by atoms with Crippen molar-refractivity contribution in [2.75, 3.05) is 10.0 Å². The Balaban J connectivity index is 2.17. The summed E-state index contributed by atoms with van der Waals surface area (Å²) in [5, 5.41) is 2.54. The number of nitrogens with zero attached hydrogens (tertiary/aromatic N) is 1. The Morgan fingerprint density at radius 3 is 2.43 bits per heavy atom. The molecule has 21 heavy (non-hydrogen) atoms. The van der Waals surface area contributed by atoms with Gasteiger partial charge >= 0.3 is 0 Å². The average molecular weight is 303 g/mol. The van der Waals surface area contributed by atoms with Gasteiger partial charge in [0.05, 0.1) is 16.8 Å². The number of pyridine rings is 1. The standard InChI is InChI=1S/C14H13N3O3S/c1-2-14(18)16-11-5-7-13(8-6-11)21(19,20)17-12-4-3-9-15-10-12/h2-10,17H,1H2,(H,16,18). The Bertz CT molecular complexity index is 741. The number of nitrogens with one attached hydrogen (secondary N) is 2. The maximum Gasteiger partial charge on any atom is 0.261 e. The zero-order chi connectivity index (χ0) is 15.3. The second-order valence-electron chi connectivity index (χ2n) is 4.06. The first-order valence-corrected chi connectivity index (χ1v) is 7.46. The van der Waals surface area contributed by atoms with E-state index in [4.69, 9.17) is 0 Å². The van der Waals surface area contributed by atoms with Crippen LogP contribution in [0.5, 0.6) is 0 Å². The number of sulfonamides is 1. The van der Waals surface area contributed by atoms with Crippen LogP contribution in [0.1, 0.15) is 0 Å². The molecule has 7 heteroatoms. The van der Waals surface area contributed by atoms with Crippen molar-refractivity contribution in [2.45, 2.75) is 4.90 Å². The molecule has 0 saturated heterocycles. The minimum absolute atomic E-state index is 0.0861. The van der Waals surface area contributed by atoms with Crippen molar-refractivity contribution in [3.05, 3.63) is 61.4 Å². The zero-order valence-electron chi connectivity index (χ0n) is 11.0. The molecule has 0 saturated carbocycles.